The summed E-state index contributed by atoms with van der Waals surface area (Å²) in [5, 5.41) is 13.7. The second kappa shape index (κ2) is 4.77. The summed E-state index contributed by atoms with van der Waals surface area (Å²) in [6.45, 7) is 6.72. The van der Waals surface area contributed by atoms with E-state index in [1.165, 1.54) is 0 Å². The summed E-state index contributed by atoms with van der Waals surface area (Å²) in [5.41, 5.74) is 6.37. The average Bonchev–Trinajstić information content (AvgIpc) is 2.66. The van der Waals surface area contributed by atoms with Gasteiger partial charge in [-0.2, -0.15) is 5.10 Å². The first kappa shape index (κ1) is 12.2. The summed E-state index contributed by atoms with van der Waals surface area (Å²) in [6.07, 6.45) is 2.69. The van der Waals surface area contributed by atoms with Crippen LogP contribution in [-0.4, -0.2) is 28.0 Å². The molecule has 4 heteroatoms. The molecule has 1 heterocycles. The van der Waals surface area contributed by atoms with E-state index in [0.29, 0.717) is 12.6 Å². The fraction of sp³-hybridized carbons (Fsp3) is 0.727. The molecule has 86 valence electrons. The SMILES string of the molecule is CC(C)n1ccc(CC(C)(CN)CO)n1. The fourth-order valence-electron chi connectivity index (χ4n) is 1.39. The smallest absolute Gasteiger partial charge is 0.0631 e. The van der Waals surface area contributed by atoms with Gasteiger partial charge in [-0.05, 0) is 19.9 Å². The topological polar surface area (TPSA) is 64.1 Å². The Hall–Kier alpha value is -0.870. The summed E-state index contributed by atoms with van der Waals surface area (Å²) in [5.74, 6) is 0. The molecule has 3 N–H and O–H groups in total. The predicted molar refractivity (Wildman–Crippen MR) is 60.6 cm³/mol. The van der Waals surface area contributed by atoms with Crippen molar-refractivity contribution in [1.82, 2.24) is 9.78 Å². The van der Waals surface area contributed by atoms with E-state index in [4.69, 9.17) is 5.73 Å². The lowest BCUT2D eigenvalue weighted by atomic mass is 9.87. The van der Waals surface area contributed by atoms with Crippen molar-refractivity contribution in [3.63, 3.8) is 0 Å². The van der Waals surface area contributed by atoms with Crippen molar-refractivity contribution >= 4 is 0 Å². The van der Waals surface area contributed by atoms with Crippen LogP contribution in [0.5, 0.6) is 0 Å². The zero-order chi connectivity index (χ0) is 11.5. The Labute approximate surface area is 91.1 Å². The average molecular weight is 211 g/mol. The molecule has 1 aromatic heterocycles. The molecule has 15 heavy (non-hydrogen) atoms. The van der Waals surface area contributed by atoms with Crippen molar-refractivity contribution in [3.05, 3.63) is 18.0 Å². The van der Waals surface area contributed by atoms with Gasteiger partial charge in [0.25, 0.3) is 0 Å². The number of aliphatic hydroxyl groups excluding tert-OH is 1. The molecular weight excluding hydrogens is 190 g/mol. The largest absolute Gasteiger partial charge is 0.396 e. The van der Waals surface area contributed by atoms with Crippen molar-refractivity contribution < 1.29 is 5.11 Å². The van der Waals surface area contributed by atoms with Crippen LogP contribution in [0.1, 0.15) is 32.5 Å². The molecule has 0 aromatic carbocycles. The lowest BCUT2D eigenvalue weighted by molar-refractivity contribution is 0.148. The van der Waals surface area contributed by atoms with Gasteiger partial charge in [-0.25, -0.2) is 0 Å². The molecule has 0 amide bonds. The minimum absolute atomic E-state index is 0.0953. The molecule has 0 bridgehead atoms. The summed E-state index contributed by atoms with van der Waals surface area (Å²) in [6, 6.07) is 2.36. The summed E-state index contributed by atoms with van der Waals surface area (Å²) in [4.78, 5) is 0. The molecule has 0 radical (unpaired) electrons. The molecular formula is C11H21N3O. The van der Waals surface area contributed by atoms with Gasteiger partial charge in [0.15, 0.2) is 0 Å². The van der Waals surface area contributed by atoms with Gasteiger partial charge in [0.1, 0.15) is 0 Å². The van der Waals surface area contributed by atoms with E-state index < -0.39 is 0 Å². The van der Waals surface area contributed by atoms with Crippen LogP contribution >= 0.6 is 0 Å². The standard InChI is InChI=1S/C11H21N3O/c1-9(2)14-5-4-10(13-14)6-11(3,7-12)8-15/h4-5,9,15H,6-8,12H2,1-3H3. The molecule has 0 saturated heterocycles. The lowest BCUT2D eigenvalue weighted by Gasteiger charge is -2.23. The van der Waals surface area contributed by atoms with E-state index >= 15 is 0 Å². The molecule has 0 saturated carbocycles. The van der Waals surface area contributed by atoms with Crippen LogP contribution in [0, 0.1) is 5.41 Å². The number of aromatic nitrogens is 2. The van der Waals surface area contributed by atoms with Gasteiger partial charge in [-0.1, -0.05) is 6.92 Å². The summed E-state index contributed by atoms with van der Waals surface area (Å²) < 4.78 is 1.92. The Morgan fingerprint density at radius 1 is 1.60 bits per heavy atom. The quantitative estimate of drug-likeness (QED) is 0.762. The van der Waals surface area contributed by atoms with Crippen molar-refractivity contribution in [2.24, 2.45) is 11.1 Å². The van der Waals surface area contributed by atoms with Crippen LogP contribution in [0.15, 0.2) is 12.3 Å². The van der Waals surface area contributed by atoms with E-state index in [0.717, 1.165) is 12.1 Å². The van der Waals surface area contributed by atoms with Crippen LogP contribution in [-0.2, 0) is 6.42 Å². The van der Waals surface area contributed by atoms with E-state index in [-0.39, 0.29) is 12.0 Å². The third-order valence-electron chi connectivity index (χ3n) is 2.68. The number of nitrogens with zero attached hydrogens (tertiary/aromatic N) is 2. The molecule has 0 spiro atoms. The Kier molecular flexibility index (Phi) is 3.88. The third kappa shape index (κ3) is 3.04. The van der Waals surface area contributed by atoms with Crippen LogP contribution in [0.25, 0.3) is 0 Å². The molecule has 1 rings (SSSR count). The van der Waals surface area contributed by atoms with Crippen LogP contribution in [0.2, 0.25) is 0 Å². The molecule has 0 fully saturated rings. The highest BCUT2D eigenvalue weighted by atomic mass is 16.3. The third-order valence-corrected chi connectivity index (χ3v) is 2.68. The number of hydrogen-bond acceptors (Lipinski definition) is 3. The molecule has 1 atom stereocenters. The van der Waals surface area contributed by atoms with E-state index in [1.54, 1.807) is 0 Å². The Bertz CT molecular complexity index is 303. The van der Waals surface area contributed by atoms with Gasteiger partial charge >= 0.3 is 0 Å². The van der Waals surface area contributed by atoms with Crippen molar-refractivity contribution in [1.29, 1.82) is 0 Å². The zero-order valence-corrected chi connectivity index (χ0v) is 9.77. The normalized spacial score (nSPS) is 15.6. The molecule has 0 aliphatic carbocycles. The number of hydrogen-bond donors (Lipinski definition) is 2. The number of rotatable bonds is 5. The van der Waals surface area contributed by atoms with Crippen molar-refractivity contribution in [3.8, 4) is 0 Å². The highest BCUT2D eigenvalue weighted by Crippen LogP contribution is 2.19. The Morgan fingerprint density at radius 3 is 2.67 bits per heavy atom. The van der Waals surface area contributed by atoms with E-state index in [9.17, 15) is 5.11 Å². The predicted octanol–water partition coefficient (Wildman–Crippen LogP) is 0.964. The molecule has 1 aromatic rings. The molecule has 0 aliphatic rings. The minimum atomic E-state index is -0.254. The van der Waals surface area contributed by atoms with Crippen LogP contribution < -0.4 is 5.73 Å². The number of nitrogens with two attached hydrogens (primary N) is 1. The van der Waals surface area contributed by atoms with Crippen molar-refractivity contribution in [2.75, 3.05) is 13.2 Å². The molecule has 4 nitrogen and oxygen atoms in total. The maximum atomic E-state index is 9.25. The fourth-order valence-corrected chi connectivity index (χ4v) is 1.39. The summed E-state index contributed by atoms with van der Waals surface area (Å²) in [7, 11) is 0. The van der Waals surface area contributed by atoms with Crippen LogP contribution in [0.3, 0.4) is 0 Å². The second-order valence-electron chi connectivity index (χ2n) is 4.73. The van der Waals surface area contributed by atoms with Gasteiger partial charge in [-0.15, -0.1) is 0 Å². The van der Waals surface area contributed by atoms with Crippen LogP contribution in [0.4, 0.5) is 0 Å². The monoisotopic (exact) mass is 211 g/mol. The first-order chi connectivity index (χ1) is 7.00. The zero-order valence-electron chi connectivity index (χ0n) is 9.77. The second-order valence-corrected chi connectivity index (χ2v) is 4.73. The van der Waals surface area contributed by atoms with E-state index in [1.807, 2.05) is 23.9 Å². The van der Waals surface area contributed by atoms with Gasteiger partial charge in [0, 0.05) is 30.6 Å². The Morgan fingerprint density at radius 2 is 2.27 bits per heavy atom. The summed E-state index contributed by atoms with van der Waals surface area (Å²) >= 11 is 0. The highest BCUT2D eigenvalue weighted by Gasteiger charge is 2.23. The maximum Gasteiger partial charge on any atom is 0.0631 e. The lowest BCUT2D eigenvalue weighted by Crippen LogP contribution is -2.33. The first-order valence-corrected chi connectivity index (χ1v) is 5.36. The van der Waals surface area contributed by atoms with Gasteiger partial charge in [0.2, 0.25) is 0 Å². The molecule has 0 aliphatic heterocycles. The Balaban J connectivity index is 2.72. The highest BCUT2D eigenvalue weighted by molar-refractivity contribution is 5.03. The minimum Gasteiger partial charge on any atom is -0.396 e. The van der Waals surface area contributed by atoms with Gasteiger partial charge in [0.05, 0.1) is 12.3 Å². The van der Waals surface area contributed by atoms with Crippen molar-refractivity contribution in [2.45, 2.75) is 33.2 Å². The first-order valence-electron chi connectivity index (χ1n) is 5.36. The van der Waals surface area contributed by atoms with E-state index in [2.05, 4.69) is 18.9 Å². The number of aliphatic hydroxyl groups is 1. The van der Waals surface area contributed by atoms with Gasteiger partial charge < -0.3 is 10.8 Å². The molecule has 1 unspecified atom stereocenters. The maximum absolute atomic E-state index is 9.25. The van der Waals surface area contributed by atoms with Gasteiger partial charge in [-0.3, -0.25) is 4.68 Å².